The van der Waals surface area contributed by atoms with E-state index in [1.54, 1.807) is 0 Å². The van der Waals surface area contributed by atoms with Crippen molar-refractivity contribution >= 4 is 39.5 Å². The topological polar surface area (TPSA) is 237 Å². The maximum atomic E-state index is 13.1. The van der Waals surface area contributed by atoms with Gasteiger partial charge < -0.3 is 33.8 Å². The van der Waals surface area contributed by atoms with Gasteiger partial charge in [0, 0.05) is 25.7 Å². The minimum Gasteiger partial charge on any atom is -0.462 e. The minimum absolute atomic E-state index is 0.0258. The van der Waals surface area contributed by atoms with Crippen LogP contribution < -0.4 is 0 Å². The number of allylic oxidation sites excluding steroid dienone is 24. The second-order valence-electron chi connectivity index (χ2n) is 26.2. The third-order valence-corrected chi connectivity index (χ3v) is 18.2. The van der Waals surface area contributed by atoms with E-state index in [1.165, 1.54) is 64.2 Å². The number of unbranched alkanes of at least 4 members (excludes halogenated alkanes) is 24. The Kier molecular flexibility index (Phi) is 72.4. The van der Waals surface area contributed by atoms with Crippen molar-refractivity contribution in [2.75, 3.05) is 39.6 Å². The molecule has 0 aromatic carbocycles. The fraction of sp³-hybridized carbons (Fsp3) is 0.671. The quantitative estimate of drug-likeness (QED) is 0.0169. The molecule has 0 aromatic rings. The number of phosphoric acid groups is 2. The molecule has 0 rings (SSSR count). The Bertz CT molecular complexity index is 2540. The Morgan fingerprint density at radius 1 is 0.279 bits per heavy atom. The summed E-state index contributed by atoms with van der Waals surface area (Å²) in [5.74, 6) is -2.32. The van der Waals surface area contributed by atoms with Crippen LogP contribution >= 0.6 is 15.6 Å². The lowest BCUT2D eigenvalue weighted by atomic mass is 10.1. The molecule has 0 fully saturated rings. The molecule has 5 unspecified atom stereocenters. The smallest absolute Gasteiger partial charge is 0.462 e. The molecule has 0 radical (unpaired) electrons. The predicted molar refractivity (Wildman–Crippen MR) is 427 cm³/mol. The summed E-state index contributed by atoms with van der Waals surface area (Å²) in [4.78, 5) is 73.0. The van der Waals surface area contributed by atoms with E-state index >= 15 is 0 Å². The number of carbonyl (C=O) groups is 4. The maximum absolute atomic E-state index is 13.1. The number of aliphatic hydroxyl groups is 1. The second kappa shape index (κ2) is 76.1. The Balaban J connectivity index is 5.46. The van der Waals surface area contributed by atoms with Crippen LogP contribution in [0.3, 0.4) is 0 Å². The molecule has 0 heterocycles. The van der Waals surface area contributed by atoms with Gasteiger partial charge in [-0.15, -0.1) is 0 Å². The Morgan fingerprint density at radius 3 is 0.846 bits per heavy atom. The zero-order valence-electron chi connectivity index (χ0n) is 64.9. The minimum atomic E-state index is -5.01. The number of hydrogen-bond acceptors (Lipinski definition) is 15. The van der Waals surface area contributed by atoms with Crippen LogP contribution in [0.1, 0.15) is 310 Å². The van der Waals surface area contributed by atoms with Crippen LogP contribution in [0, 0.1) is 0 Å². The van der Waals surface area contributed by atoms with Gasteiger partial charge >= 0.3 is 39.5 Å². The van der Waals surface area contributed by atoms with Crippen LogP contribution in [0.5, 0.6) is 0 Å². The molecule has 19 heteroatoms. The second-order valence-corrected chi connectivity index (χ2v) is 29.1. The molecule has 0 saturated heterocycles. The van der Waals surface area contributed by atoms with Crippen LogP contribution in [-0.2, 0) is 65.4 Å². The normalized spacial score (nSPS) is 14.6. The van der Waals surface area contributed by atoms with Crippen LogP contribution in [0.25, 0.3) is 0 Å². The van der Waals surface area contributed by atoms with Gasteiger partial charge in [0.15, 0.2) is 12.2 Å². The van der Waals surface area contributed by atoms with Crippen LogP contribution in [0.4, 0.5) is 0 Å². The summed E-state index contributed by atoms with van der Waals surface area (Å²) in [6.45, 7) is 4.50. The molecule has 0 saturated carbocycles. The third kappa shape index (κ3) is 75.2. The summed E-state index contributed by atoms with van der Waals surface area (Å²) in [6.07, 6.45) is 87.0. The van der Waals surface area contributed by atoms with Crippen molar-refractivity contribution in [3.05, 3.63) is 146 Å². The Hall–Kier alpha value is -5.06. The zero-order chi connectivity index (χ0) is 76.0. The SMILES string of the molecule is CC/C=C\C/C=C\C/C=C\C/C=C\C/C=C\C/C=C\CCC(=O)OCC(COP(=O)(O)OCC(O)COP(=O)(O)OCC(COC(=O)CCCCCCC/C=C\CCCCCCCC)OC(=O)CCCCCCC/C=C\CCCCCC)OC(=O)CCCCCC/C=C\C/C=C\C/C=C\C/C=C\CC. The molecular formula is C85H142O17P2. The third-order valence-electron chi connectivity index (χ3n) is 16.3. The van der Waals surface area contributed by atoms with E-state index in [9.17, 15) is 43.2 Å². The number of rotatable bonds is 74. The van der Waals surface area contributed by atoms with Crippen molar-refractivity contribution < 1.29 is 80.2 Å². The first-order chi connectivity index (χ1) is 50.7. The molecule has 5 atom stereocenters. The fourth-order valence-electron chi connectivity index (χ4n) is 10.2. The lowest BCUT2D eigenvalue weighted by molar-refractivity contribution is -0.161. The van der Waals surface area contributed by atoms with E-state index < -0.39 is 97.5 Å². The van der Waals surface area contributed by atoms with E-state index in [0.29, 0.717) is 32.1 Å². The number of carbonyl (C=O) groups excluding carboxylic acids is 4. The summed E-state index contributed by atoms with van der Waals surface area (Å²) < 4.78 is 68.5. The van der Waals surface area contributed by atoms with Gasteiger partial charge in [-0.1, -0.05) is 276 Å². The van der Waals surface area contributed by atoms with Crippen molar-refractivity contribution in [3.8, 4) is 0 Å². The molecule has 0 aromatic heterocycles. The highest BCUT2D eigenvalue weighted by molar-refractivity contribution is 7.47. The molecule has 594 valence electrons. The standard InChI is InChI=1S/C85H142O17P2/c1-5-9-13-17-21-25-29-33-36-38-39-41-43-47-50-54-58-62-66-70-83(88)96-76-81(102-85(90)72-68-64-60-56-52-48-44-40-37-34-30-26-22-18-14-10-6-2)78-100-104(93,94)98-74-79(86)73-97-103(91,92)99-77-80(101-84(89)71-67-63-59-55-51-45-32-28-24-20-16-12-8-4)75-95-82(87)69-65-61-57-53-49-46-42-35-31-27-23-19-15-11-7-3/h9-10,13-14,21-22,25-26,28,32-37,39,41-42,44,47-48,50,58,62,79-81,86H,5-8,11-12,15-20,23-24,27,29-31,38,40,43,45-46,49,51-57,59-61,63-78H2,1-4H3,(H,91,92)(H,93,94)/b13-9-,14-10-,25-21-,26-22-,32-28-,36-33-,37-34-,41-39-,42-35-,48-44-,50-47-,62-58-. The van der Waals surface area contributed by atoms with E-state index in [1.807, 2.05) is 18.2 Å². The van der Waals surface area contributed by atoms with Crippen LogP contribution in [-0.4, -0.2) is 96.7 Å². The first-order valence-electron chi connectivity index (χ1n) is 40.1. The highest BCUT2D eigenvalue weighted by Gasteiger charge is 2.30. The number of esters is 4. The van der Waals surface area contributed by atoms with E-state index in [2.05, 4.69) is 155 Å². The number of phosphoric ester groups is 2. The predicted octanol–water partition coefficient (Wildman–Crippen LogP) is 23.4. The molecule has 17 nitrogen and oxygen atoms in total. The highest BCUT2D eigenvalue weighted by Crippen LogP contribution is 2.45. The lowest BCUT2D eigenvalue weighted by Crippen LogP contribution is -2.30. The maximum Gasteiger partial charge on any atom is 0.472 e. The van der Waals surface area contributed by atoms with E-state index in [-0.39, 0.29) is 25.7 Å². The Morgan fingerprint density at radius 2 is 0.519 bits per heavy atom. The van der Waals surface area contributed by atoms with Crippen molar-refractivity contribution in [3.63, 3.8) is 0 Å². The van der Waals surface area contributed by atoms with E-state index in [4.69, 9.17) is 37.0 Å². The first kappa shape index (κ1) is 98.9. The van der Waals surface area contributed by atoms with Gasteiger partial charge in [0.2, 0.25) is 0 Å². The number of ether oxygens (including phenoxy) is 4. The van der Waals surface area contributed by atoms with E-state index in [0.717, 1.165) is 161 Å². The van der Waals surface area contributed by atoms with Crippen molar-refractivity contribution in [1.29, 1.82) is 0 Å². The lowest BCUT2D eigenvalue weighted by Gasteiger charge is -2.21. The fourth-order valence-corrected chi connectivity index (χ4v) is 11.8. The van der Waals surface area contributed by atoms with Gasteiger partial charge in [-0.3, -0.25) is 37.3 Å². The van der Waals surface area contributed by atoms with Gasteiger partial charge in [0.1, 0.15) is 19.3 Å². The molecule has 0 aliphatic heterocycles. The van der Waals surface area contributed by atoms with Gasteiger partial charge in [0.05, 0.1) is 26.4 Å². The van der Waals surface area contributed by atoms with Crippen LogP contribution in [0.15, 0.2) is 146 Å². The van der Waals surface area contributed by atoms with Gasteiger partial charge in [0.25, 0.3) is 0 Å². The summed E-state index contributed by atoms with van der Waals surface area (Å²) in [5, 5.41) is 10.6. The average Bonchev–Trinajstić information content (AvgIpc) is 0.911. The number of aliphatic hydroxyl groups excluding tert-OH is 1. The molecule has 0 spiro atoms. The van der Waals surface area contributed by atoms with Crippen molar-refractivity contribution in [2.24, 2.45) is 0 Å². The number of hydrogen-bond donors (Lipinski definition) is 3. The summed E-state index contributed by atoms with van der Waals surface area (Å²) in [5.41, 5.74) is 0. The summed E-state index contributed by atoms with van der Waals surface area (Å²) >= 11 is 0. The average molecular weight is 1500 g/mol. The molecule has 0 amide bonds. The summed E-state index contributed by atoms with van der Waals surface area (Å²) in [7, 11) is -10.00. The molecule has 104 heavy (non-hydrogen) atoms. The van der Waals surface area contributed by atoms with Crippen molar-refractivity contribution in [1.82, 2.24) is 0 Å². The highest BCUT2D eigenvalue weighted by atomic mass is 31.2. The largest absolute Gasteiger partial charge is 0.472 e. The molecule has 0 aliphatic rings. The molecule has 0 bridgehead atoms. The van der Waals surface area contributed by atoms with Crippen molar-refractivity contribution in [2.45, 2.75) is 329 Å². The first-order valence-corrected chi connectivity index (χ1v) is 43.1. The summed E-state index contributed by atoms with van der Waals surface area (Å²) in [6, 6.07) is 0. The Labute approximate surface area is 630 Å². The van der Waals surface area contributed by atoms with Gasteiger partial charge in [-0.2, -0.15) is 0 Å². The van der Waals surface area contributed by atoms with Crippen LogP contribution in [0.2, 0.25) is 0 Å². The molecule has 0 aliphatic carbocycles. The van der Waals surface area contributed by atoms with Gasteiger partial charge in [-0.05, 0) is 154 Å². The zero-order valence-corrected chi connectivity index (χ0v) is 66.7. The molecular weight excluding hydrogens is 1350 g/mol. The monoisotopic (exact) mass is 1500 g/mol. The van der Waals surface area contributed by atoms with Gasteiger partial charge in [-0.25, -0.2) is 9.13 Å². The molecule has 3 N–H and O–H groups in total.